The highest BCUT2D eigenvalue weighted by atomic mass is 16.1. The number of nitrogens with one attached hydrogen (secondary N) is 2. The molecule has 0 saturated carbocycles. The molecule has 5 aromatic rings. The first-order valence-electron chi connectivity index (χ1n) is 7.89. The van der Waals surface area contributed by atoms with Crippen LogP contribution >= 0.6 is 0 Å². The molecule has 0 unspecified atom stereocenters. The minimum Gasteiger partial charge on any atom is -0.306 e. The van der Waals surface area contributed by atoms with Gasteiger partial charge in [0, 0.05) is 35.2 Å². The third-order valence-corrected chi connectivity index (χ3v) is 4.31. The third-order valence-electron chi connectivity index (χ3n) is 4.31. The average Bonchev–Trinajstić information content (AvgIpc) is 3.26. The van der Waals surface area contributed by atoms with Crippen molar-refractivity contribution in [2.24, 2.45) is 0 Å². The fraction of sp³-hybridized carbons (Fsp3) is 0. The Hall–Kier alpha value is -3.67. The lowest BCUT2D eigenvalue weighted by Gasteiger charge is -2.10. The number of pyridine rings is 1. The number of rotatable bonds is 2. The lowest BCUT2D eigenvalue weighted by Crippen LogP contribution is -1.99. The molecule has 0 bridgehead atoms. The average molecular weight is 327 g/mol. The quantitative estimate of drug-likeness (QED) is 0.522. The van der Waals surface area contributed by atoms with Crippen LogP contribution in [-0.4, -0.2) is 24.5 Å². The van der Waals surface area contributed by atoms with Crippen LogP contribution in [0.2, 0.25) is 0 Å². The second kappa shape index (κ2) is 5.17. The summed E-state index contributed by atoms with van der Waals surface area (Å²) in [6.07, 6.45) is 5.48. The van der Waals surface area contributed by atoms with Gasteiger partial charge in [-0.1, -0.05) is 18.2 Å². The fourth-order valence-electron chi connectivity index (χ4n) is 3.17. The van der Waals surface area contributed by atoms with Crippen LogP contribution in [0.25, 0.3) is 39.0 Å². The van der Waals surface area contributed by atoms with Crippen LogP contribution < -0.4 is 5.69 Å². The van der Waals surface area contributed by atoms with E-state index in [4.69, 9.17) is 0 Å². The SMILES string of the molecule is O=c1[nH]c2ccc(-n3ccnc3-c3ccnc4ccccc34)cc2[nH]1. The van der Waals surface area contributed by atoms with E-state index in [1.165, 1.54) is 0 Å². The lowest BCUT2D eigenvalue weighted by atomic mass is 10.1. The summed E-state index contributed by atoms with van der Waals surface area (Å²) >= 11 is 0. The highest BCUT2D eigenvalue weighted by Crippen LogP contribution is 2.28. The highest BCUT2D eigenvalue weighted by Gasteiger charge is 2.12. The zero-order chi connectivity index (χ0) is 16.8. The molecule has 0 amide bonds. The molecule has 0 fully saturated rings. The van der Waals surface area contributed by atoms with Gasteiger partial charge >= 0.3 is 5.69 Å². The Balaban J connectivity index is 1.74. The maximum absolute atomic E-state index is 11.5. The van der Waals surface area contributed by atoms with Gasteiger partial charge in [-0.3, -0.25) is 9.55 Å². The molecular formula is C19H13N5O. The van der Waals surface area contributed by atoms with Crippen molar-refractivity contribution >= 4 is 21.9 Å². The van der Waals surface area contributed by atoms with Crippen molar-refractivity contribution in [3.05, 3.63) is 77.6 Å². The molecule has 0 aliphatic rings. The third kappa shape index (κ3) is 2.15. The van der Waals surface area contributed by atoms with Crippen molar-refractivity contribution in [2.45, 2.75) is 0 Å². The summed E-state index contributed by atoms with van der Waals surface area (Å²) in [7, 11) is 0. The fourth-order valence-corrected chi connectivity index (χ4v) is 3.17. The van der Waals surface area contributed by atoms with Crippen molar-refractivity contribution in [1.29, 1.82) is 0 Å². The van der Waals surface area contributed by atoms with Gasteiger partial charge in [-0.25, -0.2) is 9.78 Å². The van der Waals surface area contributed by atoms with E-state index in [2.05, 4.69) is 19.9 Å². The molecule has 0 saturated heterocycles. The van der Waals surface area contributed by atoms with Gasteiger partial charge in [0.25, 0.3) is 0 Å². The predicted octanol–water partition coefficient (Wildman–Crippen LogP) is 3.26. The van der Waals surface area contributed by atoms with Gasteiger partial charge in [0.1, 0.15) is 5.82 Å². The number of benzene rings is 2. The number of nitrogens with zero attached hydrogens (tertiary/aromatic N) is 3. The maximum atomic E-state index is 11.5. The van der Waals surface area contributed by atoms with Gasteiger partial charge in [-0.15, -0.1) is 0 Å². The first-order valence-corrected chi connectivity index (χ1v) is 7.89. The van der Waals surface area contributed by atoms with Crippen LogP contribution in [-0.2, 0) is 0 Å². The Kier molecular flexibility index (Phi) is 2.84. The normalized spacial score (nSPS) is 11.4. The zero-order valence-corrected chi connectivity index (χ0v) is 13.1. The minimum absolute atomic E-state index is 0.210. The topological polar surface area (TPSA) is 79.4 Å². The van der Waals surface area contributed by atoms with Gasteiger partial charge in [0.2, 0.25) is 0 Å². The standard InChI is InChI=1S/C19H13N5O/c25-19-22-16-6-5-12(11-17(16)23-19)24-10-9-21-18(24)14-7-8-20-15-4-2-1-3-13(14)15/h1-11H,(H2,22,23,25). The Morgan fingerprint density at radius 3 is 2.72 bits per heavy atom. The summed E-state index contributed by atoms with van der Waals surface area (Å²) in [5.41, 5.74) is 4.21. The van der Waals surface area contributed by atoms with E-state index in [0.717, 1.165) is 39.0 Å². The van der Waals surface area contributed by atoms with Gasteiger partial charge < -0.3 is 9.97 Å². The molecule has 2 N–H and O–H groups in total. The van der Waals surface area contributed by atoms with Crippen molar-refractivity contribution in [3.63, 3.8) is 0 Å². The van der Waals surface area contributed by atoms with Gasteiger partial charge in [-0.2, -0.15) is 0 Å². The van der Waals surface area contributed by atoms with Crippen LogP contribution in [0.1, 0.15) is 0 Å². The van der Waals surface area contributed by atoms with E-state index in [1.54, 1.807) is 12.4 Å². The monoisotopic (exact) mass is 327 g/mol. The molecular weight excluding hydrogens is 314 g/mol. The molecule has 6 nitrogen and oxygen atoms in total. The molecule has 5 rings (SSSR count). The second-order valence-electron chi connectivity index (χ2n) is 5.81. The van der Waals surface area contributed by atoms with Gasteiger partial charge in [0.15, 0.2) is 0 Å². The molecule has 0 aliphatic carbocycles. The summed E-state index contributed by atoms with van der Waals surface area (Å²) in [5.74, 6) is 0.829. The molecule has 0 atom stereocenters. The number of aromatic amines is 2. The van der Waals surface area contributed by atoms with Crippen molar-refractivity contribution in [1.82, 2.24) is 24.5 Å². The highest BCUT2D eigenvalue weighted by molar-refractivity contribution is 5.93. The molecule has 2 aromatic carbocycles. The summed E-state index contributed by atoms with van der Waals surface area (Å²) in [4.78, 5) is 26.0. The number of fused-ring (bicyclic) bond motifs is 2. The maximum Gasteiger partial charge on any atom is 0.323 e. The van der Waals surface area contributed by atoms with Crippen LogP contribution in [0.3, 0.4) is 0 Å². The van der Waals surface area contributed by atoms with Crippen molar-refractivity contribution in [3.8, 4) is 17.1 Å². The molecule has 25 heavy (non-hydrogen) atoms. The smallest absolute Gasteiger partial charge is 0.306 e. The molecule has 3 aromatic heterocycles. The van der Waals surface area contributed by atoms with E-state index in [0.29, 0.717) is 0 Å². The van der Waals surface area contributed by atoms with Gasteiger partial charge in [-0.05, 0) is 30.3 Å². The molecule has 120 valence electrons. The summed E-state index contributed by atoms with van der Waals surface area (Å²) in [6.45, 7) is 0. The Bertz CT molecular complexity index is 1270. The number of hydrogen-bond donors (Lipinski definition) is 2. The van der Waals surface area contributed by atoms with Crippen LogP contribution in [0.15, 0.2) is 71.9 Å². The Morgan fingerprint density at radius 1 is 0.880 bits per heavy atom. The number of aromatic nitrogens is 5. The predicted molar refractivity (Wildman–Crippen MR) is 96.8 cm³/mol. The summed E-state index contributed by atoms with van der Waals surface area (Å²) in [5, 5.41) is 1.05. The Labute approximate surface area is 141 Å². The first kappa shape index (κ1) is 13.7. The number of imidazole rings is 2. The summed E-state index contributed by atoms with van der Waals surface area (Å²) < 4.78 is 2.01. The first-order chi connectivity index (χ1) is 12.3. The summed E-state index contributed by atoms with van der Waals surface area (Å²) in [6, 6.07) is 15.8. The van der Waals surface area contributed by atoms with E-state index >= 15 is 0 Å². The van der Waals surface area contributed by atoms with Gasteiger partial charge in [0.05, 0.1) is 16.6 Å². The van der Waals surface area contributed by atoms with E-state index in [1.807, 2.05) is 59.3 Å². The van der Waals surface area contributed by atoms with E-state index in [-0.39, 0.29) is 5.69 Å². The van der Waals surface area contributed by atoms with Crippen molar-refractivity contribution < 1.29 is 0 Å². The largest absolute Gasteiger partial charge is 0.323 e. The molecule has 0 radical (unpaired) electrons. The second-order valence-corrected chi connectivity index (χ2v) is 5.81. The molecule has 6 heteroatoms. The Morgan fingerprint density at radius 2 is 1.76 bits per heavy atom. The number of H-pyrrole nitrogens is 2. The lowest BCUT2D eigenvalue weighted by molar-refractivity contribution is 1.07. The zero-order valence-electron chi connectivity index (χ0n) is 13.1. The molecule has 0 aliphatic heterocycles. The van der Waals surface area contributed by atoms with Crippen LogP contribution in [0.5, 0.6) is 0 Å². The molecule has 0 spiro atoms. The van der Waals surface area contributed by atoms with E-state index in [9.17, 15) is 4.79 Å². The van der Waals surface area contributed by atoms with Crippen molar-refractivity contribution in [2.75, 3.05) is 0 Å². The van der Waals surface area contributed by atoms with Crippen LogP contribution in [0.4, 0.5) is 0 Å². The number of hydrogen-bond acceptors (Lipinski definition) is 3. The minimum atomic E-state index is -0.210. The van der Waals surface area contributed by atoms with Crippen LogP contribution in [0, 0.1) is 0 Å². The number of para-hydroxylation sites is 1. The van der Waals surface area contributed by atoms with E-state index < -0.39 is 0 Å². The molecule has 3 heterocycles.